The minimum atomic E-state index is -0.939. The maximum atomic E-state index is 15.4. The number of piperazine rings is 1. The summed E-state index contributed by atoms with van der Waals surface area (Å²) in [5, 5.41) is 12.0. The first-order chi connectivity index (χ1) is 24.6. The molecule has 2 aliphatic rings. The molecule has 1 aromatic heterocycles. The first-order valence-electron chi connectivity index (χ1n) is 16.4. The monoisotopic (exact) mass is 699 g/mol. The SMILES string of the molecule is COc1cc(/C=C/C(=O)c2ccc(NC(=O)CN3CCN(c4cc5c(cc4F)c(=O)c(C(=O)NO)cn5C4CC4)CC3)cc2)cc(OC)c1OC. The van der Waals surface area contributed by atoms with E-state index in [1.165, 1.54) is 39.1 Å². The van der Waals surface area contributed by atoms with Gasteiger partial charge < -0.3 is 29.0 Å². The van der Waals surface area contributed by atoms with Crippen molar-refractivity contribution in [3.8, 4) is 17.2 Å². The number of amides is 2. The second-order valence-corrected chi connectivity index (χ2v) is 12.3. The molecule has 4 aromatic rings. The number of benzene rings is 3. The van der Waals surface area contributed by atoms with Crippen molar-refractivity contribution >= 4 is 46.0 Å². The Morgan fingerprint density at radius 1 is 0.941 bits per heavy atom. The van der Waals surface area contributed by atoms with Crippen LogP contribution in [0.4, 0.5) is 15.8 Å². The maximum absolute atomic E-state index is 15.4. The van der Waals surface area contributed by atoms with E-state index in [1.54, 1.807) is 48.5 Å². The Kier molecular flexibility index (Phi) is 10.3. The molecule has 2 amide bonds. The van der Waals surface area contributed by atoms with Crippen molar-refractivity contribution in [2.75, 3.05) is 64.3 Å². The van der Waals surface area contributed by atoms with Gasteiger partial charge in [0.05, 0.1) is 39.1 Å². The lowest BCUT2D eigenvalue weighted by atomic mass is 10.1. The number of carbonyl (C=O) groups is 3. The molecular weight excluding hydrogens is 661 g/mol. The molecule has 2 heterocycles. The summed E-state index contributed by atoms with van der Waals surface area (Å²) in [4.78, 5) is 54.7. The van der Waals surface area contributed by atoms with Crippen LogP contribution in [0.2, 0.25) is 0 Å². The van der Waals surface area contributed by atoms with Crippen LogP contribution in [0.15, 0.2) is 65.6 Å². The highest BCUT2D eigenvalue weighted by atomic mass is 19.1. The Balaban J connectivity index is 1.05. The zero-order valence-corrected chi connectivity index (χ0v) is 28.4. The number of fused-ring (bicyclic) bond motifs is 1. The summed E-state index contributed by atoms with van der Waals surface area (Å²) in [5.41, 5.74) is 3.14. The zero-order valence-electron chi connectivity index (χ0n) is 28.4. The van der Waals surface area contributed by atoms with E-state index in [0.717, 1.165) is 18.9 Å². The van der Waals surface area contributed by atoms with Crippen LogP contribution in [0.5, 0.6) is 17.2 Å². The van der Waals surface area contributed by atoms with Crippen LogP contribution in [-0.2, 0) is 4.79 Å². The van der Waals surface area contributed by atoms with Crippen LogP contribution in [0.25, 0.3) is 17.0 Å². The topological polar surface area (TPSA) is 152 Å². The van der Waals surface area contributed by atoms with E-state index in [-0.39, 0.29) is 35.2 Å². The predicted octanol–water partition coefficient (Wildman–Crippen LogP) is 4.28. The van der Waals surface area contributed by atoms with Crippen molar-refractivity contribution in [2.45, 2.75) is 18.9 Å². The van der Waals surface area contributed by atoms with E-state index in [0.29, 0.717) is 71.4 Å². The molecule has 0 unspecified atom stereocenters. The molecule has 0 radical (unpaired) electrons. The number of ketones is 1. The van der Waals surface area contributed by atoms with Crippen molar-refractivity contribution in [1.82, 2.24) is 14.9 Å². The molecule has 3 aromatic carbocycles. The van der Waals surface area contributed by atoms with E-state index in [4.69, 9.17) is 19.4 Å². The quantitative estimate of drug-likeness (QED) is 0.0846. The number of nitrogens with zero attached hydrogens (tertiary/aromatic N) is 3. The Morgan fingerprint density at radius 2 is 1.61 bits per heavy atom. The maximum Gasteiger partial charge on any atom is 0.280 e. The van der Waals surface area contributed by atoms with Crippen LogP contribution in [-0.4, -0.2) is 86.3 Å². The van der Waals surface area contributed by atoms with Crippen LogP contribution in [0.3, 0.4) is 0 Å². The second kappa shape index (κ2) is 15.0. The highest BCUT2D eigenvalue weighted by molar-refractivity contribution is 6.07. The van der Waals surface area contributed by atoms with Gasteiger partial charge in [-0.3, -0.25) is 29.3 Å². The van der Waals surface area contributed by atoms with E-state index in [2.05, 4.69) is 5.32 Å². The molecule has 1 aliphatic carbocycles. The summed E-state index contributed by atoms with van der Waals surface area (Å²) in [6.07, 6.45) is 6.25. The van der Waals surface area contributed by atoms with Crippen molar-refractivity contribution in [2.24, 2.45) is 0 Å². The number of halogens is 1. The van der Waals surface area contributed by atoms with Gasteiger partial charge in [0.25, 0.3) is 5.91 Å². The Bertz CT molecular complexity index is 2040. The van der Waals surface area contributed by atoms with E-state index < -0.39 is 17.2 Å². The fourth-order valence-electron chi connectivity index (χ4n) is 6.21. The highest BCUT2D eigenvalue weighted by Crippen LogP contribution is 2.39. The zero-order chi connectivity index (χ0) is 36.2. The van der Waals surface area contributed by atoms with Crippen molar-refractivity contribution in [3.63, 3.8) is 0 Å². The third kappa shape index (κ3) is 7.56. The number of allylic oxidation sites excluding steroid dienone is 1. The third-order valence-corrected chi connectivity index (χ3v) is 9.03. The van der Waals surface area contributed by atoms with Gasteiger partial charge in [0.15, 0.2) is 17.3 Å². The number of carbonyl (C=O) groups excluding carboxylic acids is 3. The van der Waals surface area contributed by atoms with Crippen LogP contribution in [0.1, 0.15) is 45.2 Å². The Morgan fingerprint density at radius 3 is 2.20 bits per heavy atom. The number of rotatable bonds is 12. The lowest BCUT2D eigenvalue weighted by Crippen LogP contribution is -2.49. The number of anilines is 2. The molecule has 1 saturated carbocycles. The van der Waals surface area contributed by atoms with Crippen molar-refractivity contribution in [1.29, 1.82) is 0 Å². The number of pyridine rings is 1. The van der Waals surface area contributed by atoms with Gasteiger partial charge in [0.1, 0.15) is 11.4 Å². The molecule has 13 nitrogen and oxygen atoms in total. The Labute approximate surface area is 292 Å². The average molecular weight is 700 g/mol. The van der Waals surface area contributed by atoms with E-state index in [9.17, 15) is 19.2 Å². The first-order valence-corrected chi connectivity index (χ1v) is 16.4. The summed E-state index contributed by atoms with van der Waals surface area (Å²) in [7, 11) is 4.55. The normalized spacial score (nSPS) is 14.8. The molecule has 3 N–H and O–H groups in total. The minimum absolute atomic E-state index is 0.0732. The predicted molar refractivity (Wildman–Crippen MR) is 189 cm³/mol. The molecule has 0 atom stereocenters. The van der Waals surface area contributed by atoms with Crippen LogP contribution < -0.4 is 35.3 Å². The lowest BCUT2D eigenvalue weighted by molar-refractivity contribution is -0.117. The molecule has 51 heavy (non-hydrogen) atoms. The van der Waals surface area contributed by atoms with E-state index in [1.807, 2.05) is 14.4 Å². The lowest BCUT2D eigenvalue weighted by Gasteiger charge is -2.36. The van der Waals surface area contributed by atoms with Crippen LogP contribution >= 0.6 is 0 Å². The number of hydroxylamine groups is 1. The number of methoxy groups -OCH3 is 3. The molecule has 0 bridgehead atoms. The van der Waals surface area contributed by atoms with Gasteiger partial charge in [-0.25, -0.2) is 9.87 Å². The van der Waals surface area contributed by atoms with Gasteiger partial charge in [-0.1, -0.05) is 6.08 Å². The summed E-state index contributed by atoms with van der Waals surface area (Å²) in [6.45, 7) is 2.04. The van der Waals surface area contributed by atoms with Crippen molar-refractivity contribution < 1.29 is 38.2 Å². The molecular formula is C37H38FN5O8. The molecule has 2 fully saturated rings. The Hall–Kier alpha value is -5.73. The van der Waals surface area contributed by atoms with E-state index >= 15 is 4.39 Å². The summed E-state index contributed by atoms with van der Waals surface area (Å²) in [5.74, 6) is -0.580. The third-order valence-electron chi connectivity index (χ3n) is 9.03. The minimum Gasteiger partial charge on any atom is -0.493 e. The summed E-state index contributed by atoms with van der Waals surface area (Å²) in [6, 6.07) is 13.0. The number of hydrogen-bond acceptors (Lipinski definition) is 10. The van der Waals surface area contributed by atoms with Gasteiger partial charge in [-0.2, -0.15) is 0 Å². The smallest absolute Gasteiger partial charge is 0.280 e. The largest absolute Gasteiger partial charge is 0.493 e. The highest BCUT2D eigenvalue weighted by Gasteiger charge is 2.29. The number of hydrogen-bond donors (Lipinski definition) is 3. The molecule has 14 heteroatoms. The average Bonchev–Trinajstić information content (AvgIpc) is 3.99. The first kappa shape index (κ1) is 35.1. The fourth-order valence-corrected chi connectivity index (χ4v) is 6.21. The second-order valence-electron chi connectivity index (χ2n) is 12.3. The molecule has 0 spiro atoms. The molecule has 6 rings (SSSR count). The molecule has 266 valence electrons. The summed E-state index contributed by atoms with van der Waals surface area (Å²) < 4.78 is 33.3. The fraction of sp³-hybridized carbons (Fsp3) is 0.297. The van der Waals surface area contributed by atoms with Crippen molar-refractivity contribution in [3.05, 3.63) is 93.5 Å². The molecule has 1 aliphatic heterocycles. The van der Waals surface area contributed by atoms with Crippen LogP contribution in [0, 0.1) is 5.82 Å². The molecule has 1 saturated heterocycles. The number of nitrogens with one attached hydrogen (secondary N) is 2. The number of ether oxygens (including phenoxy) is 3. The van der Waals surface area contributed by atoms with Gasteiger partial charge in [0.2, 0.25) is 17.1 Å². The van der Waals surface area contributed by atoms with Gasteiger partial charge in [-0.15, -0.1) is 0 Å². The summed E-state index contributed by atoms with van der Waals surface area (Å²) >= 11 is 0. The number of aromatic nitrogens is 1. The van der Waals surface area contributed by atoms with Gasteiger partial charge >= 0.3 is 0 Å². The standard InChI is InChI=1S/C37H38FN5O8/c1-49-32-16-22(17-33(50-2)36(32)51-3)4-11-31(44)23-5-7-24(8-6-23)39-34(45)21-41-12-14-42(15-13-41)30-19-29-26(18-28(30)38)35(46)27(37(47)40-48)20-43(29)25-9-10-25/h4-8,11,16-20,25,48H,9-10,12-15,21H2,1-3H3,(H,39,45)(H,40,47)/b11-4+. The van der Waals surface area contributed by atoms with Gasteiger partial charge in [0, 0.05) is 55.1 Å². The van der Waals surface area contributed by atoms with Gasteiger partial charge in [-0.05, 0) is 73.0 Å².